The Labute approximate surface area is 386 Å². The van der Waals surface area contributed by atoms with Crippen LogP contribution in [0, 0.1) is 0 Å². The van der Waals surface area contributed by atoms with Crippen molar-refractivity contribution in [3.05, 3.63) is 220 Å². The maximum absolute atomic E-state index is 2.59. The van der Waals surface area contributed by atoms with E-state index >= 15 is 0 Å². The molecule has 1 spiro atoms. The van der Waals surface area contributed by atoms with Crippen LogP contribution in [-0.2, 0) is 21.7 Å². The molecule has 0 amide bonds. The third kappa shape index (κ3) is 5.83. The maximum atomic E-state index is 2.59. The first-order valence-electron chi connectivity index (χ1n) is 24.0. The summed E-state index contributed by atoms with van der Waals surface area (Å²) < 4.78 is 0. The number of hydrogen-bond acceptors (Lipinski definition) is 1. The van der Waals surface area contributed by atoms with Crippen molar-refractivity contribution in [2.24, 2.45) is 0 Å². The smallest absolute Gasteiger partial charge is 0.0726 e. The molecule has 4 aliphatic rings. The quantitative estimate of drug-likeness (QED) is 0.167. The lowest BCUT2D eigenvalue weighted by molar-refractivity contribution is 0.420. The van der Waals surface area contributed by atoms with E-state index in [4.69, 9.17) is 0 Å². The van der Waals surface area contributed by atoms with Crippen LogP contribution in [0.1, 0.15) is 131 Å². The molecule has 8 aromatic rings. The van der Waals surface area contributed by atoms with Gasteiger partial charge in [-0.3, -0.25) is 0 Å². The van der Waals surface area contributed by atoms with Gasteiger partial charge in [-0.05, 0) is 155 Å². The molecule has 0 heterocycles. The van der Waals surface area contributed by atoms with Gasteiger partial charge in [-0.15, -0.1) is 0 Å². The minimum absolute atomic E-state index is 0.0121. The normalized spacial score (nSPS) is 16.0. The van der Waals surface area contributed by atoms with Crippen LogP contribution in [0.3, 0.4) is 0 Å². The lowest BCUT2D eigenvalue weighted by Gasteiger charge is -2.35. The fourth-order valence-corrected chi connectivity index (χ4v) is 12.2. The van der Waals surface area contributed by atoms with E-state index in [0.29, 0.717) is 5.92 Å². The van der Waals surface area contributed by atoms with Crippen LogP contribution in [0.25, 0.3) is 44.5 Å². The van der Waals surface area contributed by atoms with Crippen molar-refractivity contribution in [3.63, 3.8) is 0 Å². The van der Waals surface area contributed by atoms with Crippen LogP contribution in [0.5, 0.6) is 0 Å². The van der Waals surface area contributed by atoms with E-state index in [1.807, 2.05) is 0 Å². The Balaban J connectivity index is 1.13. The van der Waals surface area contributed by atoms with Gasteiger partial charge in [0.15, 0.2) is 0 Å². The van der Waals surface area contributed by atoms with Gasteiger partial charge in [0.1, 0.15) is 0 Å². The molecule has 8 aromatic carbocycles. The van der Waals surface area contributed by atoms with Crippen molar-refractivity contribution < 1.29 is 0 Å². The number of fused-ring (bicyclic) bond motifs is 13. The Morgan fingerprint density at radius 1 is 0.431 bits per heavy atom. The SMILES string of the molecule is CC(C)(C)c1ccc2c(c1)C1(c3ccccc3-c3ccc(N(c4cccc(-c5ccc(C6CCC6)cc5)c4)c4cccc5c4C(C)(C)c4ccccc4-5)cc31)c1cc(C(C)(C)C)ccc1-2. The van der Waals surface area contributed by atoms with Crippen LogP contribution in [0.15, 0.2) is 170 Å². The molecule has 0 aliphatic heterocycles. The third-order valence-electron chi connectivity index (χ3n) is 15.9. The van der Waals surface area contributed by atoms with Gasteiger partial charge in [-0.25, -0.2) is 0 Å². The Bertz CT molecular complexity index is 3170. The molecular formula is C64H59N. The maximum Gasteiger partial charge on any atom is 0.0726 e. The molecule has 0 radical (unpaired) electrons. The summed E-state index contributed by atoms with van der Waals surface area (Å²) in [6.07, 6.45) is 3.97. The first kappa shape index (κ1) is 40.1. The molecule has 0 bridgehead atoms. The van der Waals surface area contributed by atoms with Crippen molar-refractivity contribution in [2.45, 2.75) is 102 Å². The molecule has 320 valence electrons. The molecule has 1 saturated carbocycles. The van der Waals surface area contributed by atoms with E-state index in [1.54, 1.807) is 0 Å². The molecule has 0 aromatic heterocycles. The average molecular weight is 842 g/mol. The van der Waals surface area contributed by atoms with Crippen LogP contribution >= 0.6 is 0 Å². The van der Waals surface area contributed by atoms with Gasteiger partial charge in [-0.1, -0.05) is 201 Å². The molecule has 12 rings (SSSR count). The van der Waals surface area contributed by atoms with E-state index in [2.05, 4.69) is 230 Å². The zero-order chi connectivity index (χ0) is 44.6. The second kappa shape index (κ2) is 14.0. The molecular weight excluding hydrogens is 783 g/mol. The first-order chi connectivity index (χ1) is 31.2. The van der Waals surface area contributed by atoms with Crippen molar-refractivity contribution in [3.8, 4) is 44.5 Å². The highest BCUT2D eigenvalue weighted by atomic mass is 15.1. The number of hydrogen-bond donors (Lipinski definition) is 0. The fraction of sp³-hybridized carbons (Fsp3) is 0.250. The number of anilines is 3. The summed E-state index contributed by atoms with van der Waals surface area (Å²) in [4.78, 5) is 2.59. The van der Waals surface area contributed by atoms with Crippen molar-refractivity contribution in [2.75, 3.05) is 4.90 Å². The predicted molar refractivity (Wildman–Crippen MR) is 274 cm³/mol. The molecule has 0 N–H and O–H groups in total. The van der Waals surface area contributed by atoms with Crippen molar-refractivity contribution in [1.82, 2.24) is 0 Å². The molecule has 0 saturated heterocycles. The summed E-state index contributed by atoms with van der Waals surface area (Å²) in [7, 11) is 0. The Kier molecular flexibility index (Phi) is 8.66. The monoisotopic (exact) mass is 841 g/mol. The number of rotatable bonds is 5. The molecule has 4 aliphatic carbocycles. The Morgan fingerprint density at radius 2 is 0.954 bits per heavy atom. The lowest BCUT2D eigenvalue weighted by atomic mass is 9.68. The summed E-state index contributed by atoms with van der Waals surface area (Å²) in [6.45, 7) is 18.9. The zero-order valence-corrected chi connectivity index (χ0v) is 39.3. The second-order valence-electron chi connectivity index (χ2n) is 22.1. The molecule has 1 nitrogen and oxygen atoms in total. The number of benzene rings is 8. The molecule has 0 unspecified atom stereocenters. The fourth-order valence-electron chi connectivity index (χ4n) is 12.2. The van der Waals surface area contributed by atoms with Gasteiger partial charge in [0, 0.05) is 16.8 Å². The van der Waals surface area contributed by atoms with Crippen LogP contribution in [-0.4, -0.2) is 0 Å². The molecule has 0 atom stereocenters. The molecule has 1 heteroatoms. The second-order valence-corrected chi connectivity index (χ2v) is 22.1. The highest BCUT2D eigenvalue weighted by Crippen LogP contribution is 2.64. The summed E-state index contributed by atoms with van der Waals surface area (Å²) in [5, 5.41) is 0. The largest absolute Gasteiger partial charge is 0.310 e. The van der Waals surface area contributed by atoms with Gasteiger partial charge in [0.05, 0.1) is 11.1 Å². The van der Waals surface area contributed by atoms with Gasteiger partial charge in [0.2, 0.25) is 0 Å². The van der Waals surface area contributed by atoms with Gasteiger partial charge in [0.25, 0.3) is 0 Å². The zero-order valence-electron chi connectivity index (χ0n) is 39.3. The third-order valence-corrected chi connectivity index (χ3v) is 15.9. The van der Waals surface area contributed by atoms with Gasteiger partial charge < -0.3 is 4.90 Å². The standard InChI is InChI=1S/C64H59N/c1-61(2,3)44-30-33-50-51-34-31-45(62(4,5)6)38-57(51)64(56(50)37-44)55-24-12-10-20-48(55)52-35-32-47(39-58(52)64)65(59-25-15-22-53-49-21-9-11-23-54(49)63(7,8)60(53)59)46-19-14-18-43(36-46)42-28-26-41(27-29-42)40-16-13-17-40/h9-12,14-15,18-40H,13,16-17H2,1-8H3. The van der Waals surface area contributed by atoms with Crippen LogP contribution < -0.4 is 4.90 Å². The minimum Gasteiger partial charge on any atom is -0.310 e. The van der Waals surface area contributed by atoms with Gasteiger partial charge >= 0.3 is 0 Å². The summed E-state index contributed by atoms with van der Waals surface area (Å²) in [5.74, 6) is 0.715. The van der Waals surface area contributed by atoms with E-state index in [1.165, 1.54) is 125 Å². The average Bonchev–Trinajstić information content (AvgIpc) is 3.84. The van der Waals surface area contributed by atoms with E-state index < -0.39 is 5.41 Å². The van der Waals surface area contributed by atoms with Crippen molar-refractivity contribution >= 4 is 17.1 Å². The summed E-state index contributed by atoms with van der Waals surface area (Å²) in [5.41, 5.74) is 25.8. The first-order valence-corrected chi connectivity index (χ1v) is 24.0. The Morgan fingerprint density at radius 3 is 1.57 bits per heavy atom. The van der Waals surface area contributed by atoms with E-state index in [9.17, 15) is 0 Å². The van der Waals surface area contributed by atoms with E-state index in [-0.39, 0.29) is 16.2 Å². The summed E-state index contributed by atoms with van der Waals surface area (Å²) >= 11 is 0. The highest BCUT2D eigenvalue weighted by Gasteiger charge is 2.52. The predicted octanol–water partition coefficient (Wildman–Crippen LogP) is 17.3. The molecule has 1 fully saturated rings. The van der Waals surface area contributed by atoms with Crippen LogP contribution in [0.2, 0.25) is 0 Å². The van der Waals surface area contributed by atoms with Crippen LogP contribution in [0.4, 0.5) is 17.1 Å². The van der Waals surface area contributed by atoms with Crippen molar-refractivity contribution in [1.29, 1.82) is 0 Å². The lowest BCUT2D eigenvalue weighted by Crippen LogP contribution is -2.28. The highest BCUT2D eigenvalue weighted by molar-refractivity contribution is 5.98. The minimum atomic E-state index is -0.501. The van der Waals surface area contributed by atoms with Gasteiger partial charge in [-0.2, -0.15) is 0 Å². The van der Waals surface area contributed by atoms with E-state index in [0.717, 1.165) is 5.69 Å². The molecule has 65 heavy (non-hydrogen) atoms. The number of nitrogens with zero attached hydrogens (tertiary/aromatic N) is 1. The summed E-state index contributed by atoms with van der Waals surface area (Å²) in [6, 6.07) is 66.2. The Hall–Kier alpha value is -6.44. The topological polar surface area (TPSA) is 3.24 Å².